The first-order chi connectivity index (χ1) is 15.8. The molecule has 6 heteroatoms. The molecule has 4 aromatic carbocycles. The Morgan fingerprint density at radius 1 is 0.909 bits per heavy atom. The topological polar surface area (TPSA) is 20.3 Å². The van der Waals surface area contributed by atoms with E-state index in [4.69, 9.17) is 11.6 Å². The van der Waals surface area contributed by atoms with Crippen molar-refractivity contribution in [3.05, 3.63) is 112 Å². The SMILES string of the molecule is O=C1CC(c2ccccc2C(F)(F)F)c2c(ccc3ccccc23)N1Cc1cccc(Cl)c1. The van der Waals surface area contributed by atoms with Crippen LogP contribution in [0.1, 0.15) is 34.6 Å². The molecule has 1 heterocycles. The van der Waals surface area contributed by atoms with Crippen molar-refractivity contribution in [1.82, 2.24) is 0 Å². The number of hydrogen-bond acceptors (Lipinski definition) is 1. The van der Waals surface area contributed by atoms with Crippen LogP contribution in [0.15, 0.2) is 84.9 Å². The second-order valence-corrected chi connectivity index (χ2v) is 8.61. The molecular weight excluding hydrogens is 447 g/mol. The highest BCUT2D eigenvalue weighted by atomic mass is 35.5. The summed E-state index contributed by atoms with van der Waals surface area (Å²) in [6, 6.07) is 24.1. The highest BCUT2D eigenvalue weighted by Gasteiger charge is 2.40. The third-order valence-electron chi connectivity index (χ3n) is 6.14. The van der Waals surface area contributed by atoms with Crippen LogP contribution in [0, 0.1) is 0 Å². The van der Waals surface area contributed by atoms with Gasteiger partial charge < -0.3 is 4.90 Å². The Kier molecular flexibility index (Phi) is 5.37. The third kappa shape index (κ3) is 3.98. The summed E-state index contributed by atoms with van der Waals surface area (Å²) in [6.07, 6.45) is -4.56. The number of benzene rings is 4. The van der Waals surface area contributed by atoms with Gasteiger partial charge >= 0.3 is 6.18 Å². The van der Waals surface area contributed by atoms with Gasteiger partial charge in [0.15, 0.2) is 0 Å². The highest BCUT2D eigenvalue weighted by molar-refractivity contribution is 6.30. The summed E-state index contributed by atoms with van der Waals surface area (Å²) in [5, 5.41) is 2.33. The van der Waals surface area contributed by atoms with Gasteiger partial charge in [-0.2, -0.15) is 13.2 Å². The number of anilines is 1. The number of carbonyl (C=O) groups is 1. The van der Waals surface area contributed by atoms with Gasteiger partial charge in [-0.05, 0) is 51.7 Å². The average molecular weight is 466 g/mol. The van der Waals surface area contributed by atoms with E-state index in [2.05, 4.69) is 0 Å². The van der Waals surface area contributed by atoms with E-state index in [0.717, 1.165) is 28.0 Å². The highest BCUT2D eigenvalue weighted by Crippen LogP contribution is 2.47. The van der Waals surface area contributed by atoms with Gasteiger partial charge in [0.25, 0.3) is 0 Å². The molecule has 0 N–H and O–H groups in total. The zero-order valence-electron chi connectivity index (χ0n) is 17.4. The summed E-state index contributed by atoms with van der Waals surface area (Å²) in [7, 11) is 0. The smallest absolute Gasteiger partial charge is 0.308 e. The molecule has 1 amide bonds. The molecule has 1 aliphatic heterocycles. The minimum atomic E-state index is -4.51. The van der Waals surface area contributed by atoms with Crippen LogP contribution in [0.3, 0.4) is 0 Å². The molecule has 4 aromatic rings. The fourth-order valence-corrected chi connectivity index (χ4v) is 4.94. The summed E-state index contributed by atoms with van der Waals surface area (Å²) in [6.45, 7) is 0.290. The Bertz CT molecular complexity index is 1370. The van der Waals surface area contributed by atoms with Crippen molar-refractivity contribution in [2.45, 2.75) is 25.1 Å². The first-order valence-corrected chi connectivity index (χ1v) is 10.9. The predicted molar refractivity (Wildman–Crippen MR) is 124 cm³/mol. The molecule has 0 aromatic heterocycles. The van der Waals surface area contributed by atoms with Crippen LogP contribution in [0.5, 0.6) is 0 Å². The fourth-order valence-electron chi connectivity index (χ4n) is 4.72. The minimum absolute atomic E-state index is 0.0470. The lowest BCUT2D eigenvalue weighted by molar-refractivity contribution is -0.138. The normalized spacial score (nSPS) is 16.2. The van der Waals surface area contributed by atoms with Gasteiger partial charge in [-0.1, -0.05) is 72.3 Å². The Morgan fingerprint density at radius 2 is 1.67 bits per heavy atom. The first kappa shape index (κ1) is 21.5. The Balaban J connectivity index is 1.72. The number of amides is 1. The molecule has 0 saturated carbocycles. The van der Waals surface area contributed by atoms with E-state index in [1.54, 1.807) is 23.1 Å². The zero-order valence-corrected chi connectivity index (χ0v) is 18.2. The molecule has 0 radical (unpaired) electrons. The average Bonchev–Trinajstić information content (AvgIpc) is 2.80. The number of nitrogens with zero attached hydrogens (tertiary/aromatic N) is 1. The number of alkyl halides is 3. The molecule has 0 bridgehead atoms. The number of hydrogen-bond donors (Lipinski definition) is 0. The van der Waals surface area contributed by atoms with Crippen molar-refractivity contribution in [3.63, 3.8) is 0 Å². The predicted octanol–water partition coefficient (Wildman–Crippen LogP) is 7.58. The molecule has 33 heavy (non-hydrogen) atoms. The minimum Gasteiger partial charge on any atom is -0.308 e. The molecule has 0 aliphatic carbocycles. The van der Waals surface area contributed by atoms with Crippen LogP contribution in [-0.4, -0.2) is 5.91 Å². The number of carbonyl (C=O) groups excluding carboxylic acids is 1. The van der Waals surface area contributed by atoms with Crippen LogP contribution < -0.4 is 4.90 Å². The van der Waals surface area contributed by atoms with Crippen molar-refractivity contribution < 1.29 is 18.0 Å². The summed E-state index contributed by atoms with van der Waals surface area (Å²) in [5.41, 5.74) is 1.64. The zero-order chi connectivity index (χ0) is 23.2. The van der Waals surface area contributed by atoms with Gasteiger partial charge in [0.05, 0.1) is 12.1 Å². The number of fused-ring (bicyclic) bond motifs is 3. The summed E-state index contributed by atoms with van der Waals surface area (Å²) < 4.78 is 41.7. The molecule has 2 nitrogen and oxygen atoms in total. The maximum atomic E-state index is 13.9. The largest absolute Gasteiger partial charge is 0.416 e. The van der Waals surface area contributed by atoms with Gasteiger partial charge in [-0.25, -0.2) is 0 Å². The van der Waals surface area contributed by atoms with Crippen molar-refractivity contribution in [2.24, 2.45) is 0 Å². The van der Waals surface area contributed by atoms with Crippen LogP contribution in [0.25, 0.3) is 10.8 Å². The molecular formula is C27H19ClF3NO. The van der Waals surface area contributed by atoms with Crippen molar-refractivity contribution >= 4 is 34.0 Å². The Labute approximate surface area is 194 Å². The van der Waals surface area contributed by atoms with Crippen molar-refractivity contribution in [3.8, 4) is 0 Å². The van der Waals surface area contributed by atoms with Crippen molar-refractivity contribution in [2.75, 3.05) is 4.90 Å². The Morgan fingerprint density at radius 3 is 2.45 bits per heavy atom. The molecule has 1 atom stereocenters. The lowest BCUT2D eigenvalue weighted by Crippen LogP contribution is -2.37. The van der Waals surface area contributed by atoms with Crippen molar-refractivity contribution in [1.29, 1.82) is 0 Å². The van der Waals surface area contributed by atoms with Crippen LogP contribution in [-0.2, 0) is 17.5 Å². The van der Waals surface area contributed by atoms with E-state index >= 15 is 0 Å². The van der Waals surface area contributed by atoms with Gasteiger partial charge in [0, 0.05) is 23.0 Å². The lowest BCUT2D eigenvalue weighted by Gasteiger charge is -2.36. The maximum absolute atomic E-state index is 13.9. The molecule has 0 saturated heterocycles. The van der Waals surface area contributed by atoms with Crippen LogP contribution in [0.4, 0.5) is 18.9 Å². The third-order valence-corrected chi connectivity index (χ3v) is 6.37. The summed E-state index contributed by atoms with van der Waals surface area (Å²) in [5.74, 6) is -0.924. The molecule has 5 rings (SSSR count). The van der Waals surface area contributed by atoms with Gasteiger partial charge in [0.2, 0.25) is 5.91 Å². The van der Waals surface area contributed by atoms with E-state index in [1.807, 2.05) is 48.5 Å². The quantitative estimate of drug-likeness (QED) is 0.305. The van der Waals surface area contributed by atoms with E-state index in [1.165, 1.54) is 12.1 Å². The summed E-state index contributed by atoms with van der Waals surface area (Å²) >= 11 is 6.13. The van der Waals surface area contributed by atoms with E-state index in [0.29, 0.717) is 17.3 Å². The van der Waals surface area contributed by atoms with Gasteiger partial charge in [0.1, 0.15) is 0 Å². The molecule has 0 spiro atoms. The second kappa shape index (κ2) is 8.23. The molecule has 0 fully saturated rings. The van der Waals surface area contributed by atoms with E-state index in [-0.39, 0.29) is 17.9 Å². The van der Waals surface area contributed by atoms with Crippen LogP contribution in [0.2, 0.25) is 5.02 Å². The number of rotatable bonds is 3. The first-order valence-electron chi connectivity index (χ1n) is 10.6. The Hall–Kier alpha value is -3.31. The lowest BCUT2D eigenvalue weighted by atomic mass is 9.79. The maximum Gasteiger partial charge on any atom is 0.416 e. The monoisotopic (exact) mass is 465 g/mol. The van der Waals surface area contributed by atoms with Crippen LogP contribution >= 0.6 is 11.6 Å². The van der Waals surface area contributed by atoms with Gasteiger partial charge in [-0.3, -0.25) is 4.79 Å². The summed E-state index contributed by atoms with van der Waals surface area (Å²) in [4.78, 5) is 15.0. The molecule has 1 unspecified atom stereocenters. The molecule has 166 valence electrons. The molecule has 1 aliphatic rings. The second-order valence-electron chi connectivity index (χ2n) is 8.17. The standard InChI is InChI=1S/C27H19ClF3NO/c28-19-8-5-6-17(14-19)16-32-24-13-12-18-7-1-2-9-20(18)26(24)22(15-25(32)33)21-10-3-4-11-23(21)27(29,30)31/h1-14,22H,15-16H2. The van der Waals surface area contributed by atoms with E-state index in [9.17, 15) is 18.0 Å². The van der Waals surface area contributed by atoms with E-state index < -0.39 is 17.7 Å². The van der Waals surface area contributed by atoms with Gasteiger partial charge in [-0.15, -0.1) is 0 Å². The number of halogens is 4. The fraction of sp³-hybridized carbons (Fsp3) is 0.148.